The molecule has 0 aliphatic rings. The molecule has 0 amide bonds. The molecule has 0 bridgehead atoms. The van der Waals surface area contributed by atoms with Gasteiger partial charge < -0.3 is 9.84 Å². The van der Waals surface area contributed by atoms with Crippen LogP contribution >= 0.6 is 15.9 Å². The van der Waals surface area contributed by atoms with Crippen LogP contribution in [0.2, 0.25) is 0 Å². The second kappa shape index (κ2) is 7.66. The summed E-state index contributed by atoms with van der Waals surface area (Å²) in [6.45, 7) is 2.82. The van der Waals surface area contributed by atoms with E-state index < -0.39 is 5.97 Å². The fourth-order valence-corrected chi connectivity index (χ4v) is 2.94. The summed E-state index contributed by atoms with van der Waals surface area (Å²) in [6.07, 6.45) is 2.11. The van der Waals surface area contributed by atoms with Crippen molar-refractivity contribution in [1.82, 2.24) is 4.98 Å². The molecule has 1 N–H and O–H groups in total. The number of ether oxygens (including phenoxy) is 1. The number of nitrogens with zero attached hydrogens (tertiary/aromatic N) is 1. The van der Waals surface area contributed by atoms with E-state index in [1.165, 1.54) is 0 Å². The van der Waals surface area contributed by atoms with Crippen LogP contribution in [0.5, 0.6) is 5.75 Å². The van der Waals surface area contributed by atoms with Gasteiger partial charge in [0.2, 0.25) is 0 Å². The number of carboxylic acid groups (broad SMARTS) is 1. The molecule has 0 radical (unpaired) electrons. The van der Waals surface area contributed by atoms with E-state index in [0.717, 1.165) is 28.6 Å². The molecule has 1 heterocycles. The Morgan fingerprint density at radius 2 is 1.92 bits per heavy atom. The Morgan fingerprint density at radius 1 is 1.16 bits per heavy atom. The second-order valence-corrected chi connectivity index (χ2v) is 6.66. The van der Waals surface area contributed by atoms with Crippen molar-refractivity contribution in [3.63, 3.8) is 0 Å². The summed E-state index contributed by atoms with van der Waals surface area (Å²) in [4.78, 5) is 16.3. The van der Waals surface area contributed by atoms with Crippen molar-refractivity contribution in [3.05, 3.63) is 58.6 Å². The molecule has 0 aliphatic heterocycles. The van der Waals surface area contributed by atoms with Gasteiger partial charge in [0.05, 0.1) is 23.4 Å². The number of hydrogen-bond acceptors (Lipinski definition) is 3. The lowest BCUT2D eigenvalue weighted by atomic mass is 10.0. The first-order valence-electron chi connectivity index (χ1n) is 8.15. The molecule has 3 aromatic rings. The van der Waals surface area contributed by atoms with E-state index in [0.29, 0.717) is 23.2 Å². The number of unbranched alkanes of at least 4 members (excludes halogenated alkanes) is 1. The Kier molecular flexibility index (Phi) is 5.34. The first-order valence-corrected chi connectivity index (χ1v) is 8.94. The van der Waals surface area contributed by atoms with Crippen LogP contribution in [0.15, 0.2) is 53.0 Å². The molecule has 0 saturated heterocycles. The lowest BCUT2D eigenvalue weighted by Crippen LogP contribution is -2.00. The van der Waals surface area contributed by atoms with Crippen LogP contribution in [0, 0.1) is 0 Å². The highest BCUT2D eigenvalue weighted by Crippen LogP contribution is 2.28. The fraction of sp³-hybridized carbons (Fsp3) is 0.200. The van der Waals surface area contributed by atoms with Gasteiger partial charge >= 0.3 is 5.97 Å². The van der Waals surface area contributed by atoms with Crippen molar-refractivity contribution in [2.75, 3.05) is 6.61 Å². The Balaban J connectivity index is 1.98. The van der Waals surface area contributed by atoms with Crippen LogP contribution < -0.4 is 4.74 Å². The Morgan fingerprint density at radius 3 is 2.60 bits per heavy atom. The molecular weight excluding hydrogens is 382 g/mol. The zero-order chi connectivity index (χ0) is 17.8. The molecule has 25 heavy (non-hydrogen) atoms. The molecule has 0 unspecified atom stereocenters. The van der Waals surface area contributed by atoms with Gasteiger partial charge in [-0.1, -0.05) is 29.3 Å². The van der Waals surface area contributed by atoms with Crippen LogP contribution in [-0.2, 0) is 0 Å². The standard InChI is InChI=1S/C20H18BrNO3/c1-2-3-10-25-15-7-4-13(5-8-15)19-12-17(20(23)24)16-11-14(21)6-9-18(16)22-19/h4-9,11-12H,2-3,10H2,1H3,(H,23,24). The molecule has 0 atom stereocenters. The zero-order valence-electron chi connectivity index (χ0n) is 13.8. The van der Waals surface area contributed by atoms with Crippen LogP contribution in [0.1, 0.15) is 30.1 Å². The van der Waals surface area contributed by atoms with Gasteiger partial charge in [-0.2, -0.15) is 0 Å². The van der Waals surface area contributed by atoms with E-state index in [2.05, 4.69) is 27.8 Å². The molecule has 3 rings (SSSR count). The van der Waals surface area contributed by atoms with Gasteiger partial charge in [-0.15, -0.1) is 0 Å². The fourth-order valence-electron chi connectivity index (χ4n) is 2.58. The average Bonchev–Trinajstić information content (AvgIpc) is 2.61. The number of aromatic carboxylic acids is 1. The van der Waals surface area contributed by atoms with Crippen molar-refractivity contribution < 1.29 is 14.6 Å². The van der Waals surface area contributed by atoms with Crippen LogP contribution in [-0.4, -0.2) is 22.7 Å². The van der Waals surface area contributed by atoms with E-state index in [1.807, 2.05) is 36.4 Å². The Hall–Kier alpha value is -2.40. The number of hydrogen-bond donors (Lipinski definition) is 1. The minimum Gasteiger partial charge on any atom is -0.494 e. The third-order valence-corrected chi connectivity index (χ3v) is 4.41. The molecular formula is C20H18BrNO3. The normalized spacial score (nSPS) is 10.8. The number of aromatic nitrogens is 1. The van der Waals surface area contributed by atoms with E-state index >= 15 is 0 Å². The number of halogens is 1. The summed E-state index contributed by atoms with van der Waals surface area (Å²) in [5.41, 5.74) is 2.38. The minimum atomic E-state index is -0.966. The summed E-state index contributed by atoms with van der Waals surface area (Å²) in [6, 6.07) is 14.6. The number of benzene rings is 2. The number of carboxylic acids is 1. The Bertz CT molecular complexity index is 907. The quantitative estimate of drug-likeness (QED) is 0.552. The highest BCUT2D eigenvalue weighted by Gasteiger charge is 2.13. The average molecular weight is 400 g/mol. The molecule has 0 fully saturated rings. The van der Waals surface area contributed by atoms with Crippen molar-refractivity contribution in [1.29, 1.82) is 0 Å². The molecule has 2 aromatic carbocycles. The van der Waals surface area contributed by atoms with Gasteiger partial charge in [0.25, 0.3) is 0 Å². The van der Waals surface area contributed by atoms with E-state index in [-0.39, 0.29) is 5.56 Å². The van der Waals surface area contributed by atoms with Gasteiger partial charge in [-0.3, -0.25) is 0 Å². The summed E-state index contributed by atoms with van der Waals surface area (Å²) in [7, 11) is 0. The largest absolute Gasteiger partial charge is 0.494 e. The zero-order valence-corrected chi connectivity index (χ0v) is 15.4. The Labute approximate surface area is 154 Å². The molecule has 0 saturated carbocycles. The van der Waals surface area contributed by atoms with Crippen molar-refractivity contribution >= 4 is 32.8 Å². The summed E-state index contributed by atoms with van der Waals surface area (Å²) in [5, 5.41) is 10.2. The van der Waals surface area contributed by atoms with Crippen LogP contribution in [0.4, 0.5) is 0 Å². The maximum absolute atomic E-state index is 11.6. The lowest BCUT2D eigenvalue weighted by molar-refractivity contribution is 0.0699. The summed E-state index contributed by atoms with van der Waals surface area (Å²) < 4.78 is 6.49. The van der Waals surface area contributed by atoms with Crippen molar-refractivity contribution in [2.45, 2.75) is 19.8 Å². The topological polar surface area (TPSA) is 59.4 Å². The lowest BCUT2D eigenvalue weighted by Gasteiger charge is -2.09. The first-order chi connectivity index (χ1) is 12.1. The van der Waals surface area contributed by atoms with E-state index in [4.69, 9.17) is 4.74 Å². The smallest absolute Gasteiger partial charge is 0.336 e. The number of rotatable bonds is 6. The molecule has 5 heteroatoms. The minimum absolute atomic E-state index is 0.240. The molecule has 4 nitrogen and oxygen atoms in total. The predicted molar refractivity (Wildman–Crippen MR) is 102 cm³/mol. The van der Waals surface area contributed by atoms with Crippen LogP contribution in [0.3, 0.4) is 0 Å². The summed E-state index contributed by atoms with van der Waals surface area (Å²) in [5.74, 6) is -0.161. The molecule has 1 aromatic heterocycles. The van der Waals surface area contributed by atoms with Crippen molar-refractivity contribution in [3.8, 4) is 17.0 Å². The molecule has 0 spiro atoms. The number of carbonyl (C=O) groups is 1. The highest BCUT2D eigenvalue weighted by atomic mass is 79.9. The maximum atomic E-state index is 11.6. The van der Waals surface area contributed by atoms with E-state index in [9.17, 15) is 9.90 Å². The van der Waals surface area contributed by atoms with Gasteiger partial charge in [0, 0.05) is 15.4 Å². The number of pyridine rings is 1. The number of fused-ring (bicyclic) bond motifs is 1. The first kappa shape index (κ1) is 17.4. The van der Waals surface area contributed by atoms with Crippen LogP contribution in [0.25, 0.3) is 22.2 Å². The maximum Gasteiger partial charge on any atom is 0.336 e. The highest BCUT2D eigenvalue weighted by molar-refractivity contribution is 9.10. The third-order valence-electron chi connectivity index (χ3n) is 3.92. The predicted octanol–water partition coefficient (Wildman–Crippen LogP) is 5.54. The summed E-state index contributed by atoms with van der Waals surface area (Å²) >= 11 is 3.38. The SMILES string of the molecule is CCCCOc1ccc(-c2cc(C(=O)O)c3cc(Br)ccc3n2)cc1. The van der Waals surface area contributed by atoms with Crippen molar-refractivity contribution in [2.24, 2.45) is 0 Å². The molecule has 128 valence electrons. The van der Waals surface area contributed by atoms with E-state index in [1.54, 1.807) is 12.1 Å². The van der Waals surface area contributed by atoms with Gasteiger partial charge in [-0.25, -0.2) is 9.78 Å². The second-order valence-electron chi connectivity index (χ2n) is 5.75. The third kappa shape index (κ3) is 3.99. The van der Waals surface area contributed by atoms with Gasteiger partial charge in [0.1, 0.15) is 5.75 Å². The van der Waals surface area contributed by atoms with Gasteiger partial charge in [0.15, 0.2) is 0 Å². The van der Waals surface area contributed by atoms with Gasteiger partial charge in [-0.05, 0) is 55.0 Å². The monoisotopic (exact) mass is 399 g/mol. The molecule has 0 aliphatic carbocycles.